The van der Waals surface area contributed by atoms with Gasteiger partial charge in [0.15, 0.2) is 0 Å². The van der Waals surface area contributed by atoms with E-state index in [1.807, 2.05) is 6.92 Å². The fraction of sp³-hybridized carbons (Fsp3) is 0.400. The Balaban J connectivity index is 2.62. The molecule has 0 unspecified atom stereocenters. The van der Waals surface area contributed by atoms with E-state index in [4.69, 9.17) is 0 Å². The molecular weight excluding hydrogens is 213 g/mol. The Labute approximate surface area is 92.8 Å². The van der Waals surface area contributed by atoms with E-state index < -0.39 is 10.7 Å². The van der Waals surface area contributed by atoms with Gasteiger partial charge in [-0.3, -0.25) is 10.1 Å². The Hall–Kier alpha value is -1.69. The highest BCUT2D eigenvalue weighted by Gasteiger charge is 2.09. The third-order valence-corrected chi connectivity index (χ3v) is 1.97. The molecule has 0 radical (unpaired) electrons. The van der Waals surface area contributed by atoms with Crippen LogP contribution in [-0.4, -0.2) is 24.6 Å². The highest BCUT2D eigenvalue weighted by Crippen LogP contribution is 2.19. The van der Waals surface area contributed by atoms with Crippen LogP contribution < -0.4 is 10.6 Å². The first-order chi connectivity index (χ1) is 7.63. The molecule has 1 rings (SSSR count). The fourth-order valence-electron chi connectivity index (χ4n) is 1.25. The monoisotopic (exact) mass is 227 g/mol. The minimum Gasteiger partial charge on any atom is -0.383 e. The van der Waals surface area contributed by atoms with Crippen LogP contribution in [0.2, 0.25) is 0 Å². The van der Waals surface area contributed by atoms with Crippen molar-refractivity contribution in [1.82, 2.24) is 5.32 Å². The first kappa shape index (κ1) is 12.4. The zero-order chi connectivity index (χ0) is 12.0. The van der Waals surface area contributed by atoms with Crippen molar-refractivity contribution in [1.29, 1.82) is 0 Å². The molecule has 0 saturated heterocycles. The molecule has 5 nitrogen and oxygen atoms in total. The van der Waals surface area contributed by atoms with Crippen LogP contribution in [0.4, 0.5) is 15.8 Å². The molecular formula is C10H14FN3O2. The molecule has 2 N–H and O–H groups in total. The lowest BCUT2D eigenvalue weighted by molar-refractivity contribution is -0.385. The van der Waals surface area contributed by atoms with E-state index in [0.717, 1.165) is 19.2 Å². The standard InChI is InChI=1S/C10H14FN3O2/c1-2-12-3-4-13-9-5-8(11)6-10(7-9)14(15)16/h5-7,12-13H,2-4H2,1H3. The lowest BCUT2D eigenvalue weighted by Crippen LogP contribution is -2.21. The molecule has 88 valence electrons. The van der Waals surface area contributed by atoms with Gasteiger partial charge in [0.1, 0.15) is 5.82 Å². The second-order valence-corrected chi connectivity index (χ2v) is 3.24. The largest absolute Gasteiger partial charge is 0.383 e. The number of halogens is 1. The summed E-state index contributed by atoms with van der Waals surface area (Å²) in [5.41, 5.74) is 0.176. The first-order valence-electron chi connectivity index (χ1n) is 5.03. The Morgan fingerprint density at radius 2 is 2.12 bits per heavy atom. The number of benzene rings is 1. The van der Waals surface area contributed by atoms with Crippen LogP contribution in [0.5, 0.6) is 0 Å². The van der Waals surface area contributed by atoms with E-state index >= 15 is 0 Å². The minimum absolute atomic E-state index is 0.244. The summed E-state index contributed by atoms with van der Waals surface area (Å²) in [5, 5.41) is 16.5. The van der Waals surface area contributed by atoms with Gasteiger partial charge in [0.05, 0.1) is 11.0 Å². The topological polar surface area (TPSA) is 67.2 Å². The predicted octanol–water partition coefficient (Wildman–Crippen LogP) is 1.76. The van der Waals surface area contributed by atoms with Gasteiger partial charge in [0.25, 0.3) is 5.69 Å². The van der Waals surface area contributed by atoms with Crippen LogP contribution in [0.15, 0.2) is 18.2 Å². The van der Waals surface area contributed by atoms with Gasteiger partial charge < -0.3 is 10.6 Å². The second-order valence-electron chi connectivity index (χ2n) is 3.24. The molecule has 0 bridgehead atoms. The Kier molecular flexibility index (Phi) is 4.65. The lowest BCUT2D eigenvalue weighted by atomic mass is 10.2. The summed E-state index contributed by atoms with van der Waals surface area (Å²) in [5.74, 6) is -0.611. The average Bonchev–Trinajstić information content (AvgIpc) is 2.23. The van der Waals surface area contributed by atoms with Crippen molar-refractivity contribution < 1.29 is 9.31 Å². The van der Waals surface area contributed by atoms with Crippen molar-refractivity contribution in [2.45, 2.75) is 6.92 Å². The zero-order valence-corrected chi connectivity index (χ0v) is 9.00. The highest BCUT2D eigenvalue weighted by molar-refractivity contribution is 5.51. The van der Waals surface area contributed by atoms with E-state index in [2.05, 4.69) is 10.6 Å². The van der Waals surface area contributed by atoms with Gasteiger partial charge >= 0.3 is 0 Å². The molecule has 0 fully saturated rings. The molecule has 16 heavy (non-hydrogen) atoms. The maximum Gasteiger partial charge on any atom is 0.274 e. The van der Waals surface area contributed by atoms with Crippen LogP contribution >= 0.6 is 0 Å². The summed E-state index contributed by atoms with van der Waals surface area (Å²) < 4.78 is 13.0. The normalized spacial score (nSPS) is 10.1. The van der Waals surface area contributed by atoms with E-state index in [-0.39, 0.29) is 5.69 Å². The van der Waals surface area contributed by atoms with Crippen molar-refractivity contribution in [3.05, 3.63) is 34.1 Å². The molecule has 0 atom stereocenters. The number of nitrogens with one attached hydrogen (secondary N) is 2. The summed E-state index contributed by atoms with van der Waals surface area (Å²) in [7, 11) is 0. The quantitative estimate of drug-likeness (QED) is 0.441. The molecule has 1 aromatic carbocycles. The van der Waals surface area contributed by atoms with Crippen LogP contribution in [0.1, 0.15) is 6.92 Å². The maximum absolute atomic E-state index is 13.0. The summed E-state index contributed by atoms with van der Waals surface area (Å²) in [6.45, 7) is 4.15. The molecule has 0 aliphatic carbocycles. The van der Waals surface area contributed by atoms with Crippen LogP contribution in [0, 0.1) is 15.9 Å². The molecule has 0 aliphatic rings. The third kappa shape index (κ3) is 3.82. The van der Waals surface area contributed by atoms with Gasteiger partial charge in [0.2, 0.25) is 0 Å². The molecule has 0 saturated carbocycles. The van der Waals surface area contributed by atoms with Crippen LogP contribution in [-0.2, 0) is 0 Å². The van der Waals surface area contributed by atoms with E-state index in [9.17, 15) is 14.5 Å². The number of rotatable bonds is 6. The summed E-state index contributed by atoms with van der Waals surface area (Å²) in [6.07, 6.45) is 0. The van der Waals surface area contributed by atoms with Gasteiger partial charge in [-0.15, -0.1) is 0 Å². The number of hydrogen-bond donors (Lipinski definition) is 2. The van der Waals surface area contributed by atoms with Gasteiger partial charge in [-0.1, -0.05) is 6.92 Å². The van der Waals surface area contributed by atoms with Crippen molar-refractivity contribution in [3.63, 3.8) is 0 Å². The van der Waals surface area contributed by atoms with Crippen molar-refractivity contribution in [2.75, 3.05) is 25.0 Å². The molecule has 0 amide bonds. The number of non-ortho nitro benzene ring substituents is 1. The Morgan fingerprint density at radius 1 is 1.38 bits per heavy atom. The molecule has 6 heteroatoms. The van der Waals surface area contributed by atoms with Gasteiger partial charge in [-0.05, 0) is 12.6 Å². The Morgan fingerprint density at radius 3 is 2.75 bits per heavy atom. The molecule has 0 aromatic heterocycles. The molecule has 0 aliphatic heterocycles. The predicted molar refractivity (Wildman–Crippen MR) is 60.1 cm³/mol. The lowest BCUT2D eigenvalue weighted by Gasteiger charge is -2.06. The van der Waals surface area contributed by atoms with Crippen molar-refractivity contribution in [2.24, 2.45) is 0 Å². The fourth-order valence-corrected chi connectivity index (χ4v) is 1.25. The highest BCUT2D eigenvalue weighted by atomic mass is 19.1. The minimum atomic E-state index is -0.613. The number of nitro groups is 1. The van der Waals surface area contributed by atoms with Crippen molar-refractivity contribution in [3.8, 4) is 0 Å². The second kappa shape index (κ2) is 6.02. The Bertz CT molecular complexity index is 371. The van der Waals surface area contributed by atoms with Crippen LogP contribution in [0.3, 0.4) is 0 Å². The number of nitrogens with zero attached hydrogens (tertiary/aromatic N) is 1. The molecule has 1 aromatic rings. The number of likely N-dealkylation sites (N-methyl/N-ethyl adjacent to an activating group) is 1. The van der Waals surface area contributed by atoms with E-state index in [1.54, 1.807) is 0 Å². The summed E-state index contributed by atoms with van der Waals surface area (Å²) in [6, 6.07) is 3.45. The smallest absolute Gasteiger partial charge is 0.274 e. The average molecular weight is 227 g/mol. The first-order valence-corrected chi connectivity index (χ1v) is 5.03. The van der Waals surface area contributed by atoms with Gasteiger partial charge in [-0.2, -0.15) is 0 Å². The van der Waals surface area contributed by atoms with E-state index in [0.29, 0.717) is 12.2 Å². The summed E-state index contributed by atoms with van der Waals surface area (Å²) in [4.78, 5) is 9.87. The maximum atomic E-state index is 13.0. The molecule has 0 heterocycles. The number of nitro benzene ring substituents is 1. The van der Waals surface area contributed by atoms with Crippen molar-refractivity contribution >= 4 is 11.4 Å². The zero-order valence-electron chi connectivity index (χ0n) is 9.00. The number of anilines is 1. The SMILES string of the molecule is CCNCCNc1cc(F)cc([N+](=O)[O-])c1. The van der Waals surface area contributed by atoms with E-state index in [1.165, 1.54) is 12.1 Å². The van der Waals surface area contributed by atoms with Crippen LogP contribution in [0.25, 0.3) is 0 Å². The van der Waals surface area contributed by atoms with Gasteiger partial charge in [0, 0.05) is 24.8 Å². The van der Waals surface area contributed by atoms with Gasteiger partial charge in [-0.25, -0.2) is 4.39 Å². The molecule has 0 spiro atoms. The summed E-state index contributed by atoms with van der Waals surface area (Å²) >= 11 is 0. The third-order valence-electron chi connectivity index (χ3n) is 1.97. The number of hydrogen-bond acceptors (Lipinski definition) is 4.